The quantitative estimate of drug-likeness (QED) is 0.725. The molecule has 12 heavy (non-hydrogen) atoms. The molecule has 0 aromatic heterocycles. The van der Waals surface area contributed by atoms with Crippen LogP contribution in [0.5, 0.6) is 0 Å². The van der Waals surface area contributed by atoms with Crippen LogP contribution in [0.2, 0.25) is 0 Å². The third kappa shape index (κ3) is 2.35. The normalized spacial score (nSPS) is 12.9. The van der Waals surface area contributed by atoms with Crippen LogP contribution in [0.4, 0.5) is 0 Å². The second-order valence-electron chi connectivity index (χ2n) is 3.47. The largest absolute Gasteiger partial charge is 0.330 e. The van der Waals surface area contributed by atoms with E-state index in [9.17, 15) is 0 Å². The number of rotatable bonds is 3. The van der Waals surface area contributed by atoms with Gasteiger partial charge in [0.2, 0.25) is 0 Å². The van der Waals surface area contributed by atoms with Crippen LogP contribution < -0.4 is 5.73 Å². The first-order chi connectivity index (χ1) is 5.74. The van der Waals surface area contributed by atoms with Crippen molar-refractivity contribution in [3.8, 4) is 0 Å². The second-order valence-corrected chi connectivity index (χ2v) is 3.47. The van der Waals surface area contributed by atoms with Gasteiger partial charge in [-0.1, -0.05) is 31.2 Å². The first-order valence-electron chi connectivity index (χ1n) is 4.48. The van der Waals surface area contributed by atoms with Gasteiger partial charge in [-0.3, -0.25) is 0 Å². The Bertz CT molecular complexity index is 243. The Labute approximate surface area is 74.6 Å². The van der Waals surface area contributed by atoms with Gasteiger partial charge in [-0.05, 0) is 36.9 Å². The molecule has 0 radical (unpaired) electrons. The number of aryl methyl sites for hydroxylation is 1. The highest BCUT2D eigenvalue weighted by atomic mass is 14.5. The van der Waals surface area contributed by atoms with Crippen LogP contribution >= 0.6 is 0 Å². The van der Waals surface area contributed by atoms with Crippen LogP contribution in [0, 0.1) is 12.8 Å². The molecule has 0 spiro atoms. The number of nitrogens with two attached hydrogens (primary N) is 1. The van der Waals surface area contributed by atoms with Gasteiger partial charge in [0, 0.05) is 0 Å². The predicted molar refractivity (Wildman–Crippen MR) is 53.1 cm³/mol. The van der Waals surface area contributed by atoms with E-state index in [4.69, 9.17) is 5.73 Å². The molecule has 0 aliphatic heterocycles. The third-order valence-corrected chi connectivity index (χ3v) is 2.23. The molecule has 0 aliphatic carbocycles. The Morgan fingerprint density at radius 1 is 1.33 bits per heavy atom. The van der Waals surface area contributed by atoms with Gasteiger partial charge in [-0.15, -0.1) is 0 Å². The Hall–Kier alpha value is -0.820. The van der Waals surface area contributed by atoms with E-state index in [2.05, 4.69) is 38.1 Å². The van der Waals surface area contributed by atoms with Crippen LogP contribution in [0.3, 0.4) is 0 Å². The predicted octanol–water partition coefficient (Wildman–Crippen LogP) is 2.13. The van der Waals surface area contributed by atoms with Crippen LogP contribution in [0.25, 0.3) is 0 Å². The fourth-order valence-corrected chi connectivity index (χ4v) is 1.30. The fraction of sp³-hybridized carbons (Fsp3) is 0.455. The van der Waals surface area contributed by atoms with E-state index in [1.165, 1.54) is 11.1 Å². The van der Waals surface area contributed by atoms with Crippen molar-refractivity contribution in [1.82, 2.24) is 0 Å². The highest BCUT2D eigenvalue weighted by Gasteiger charge is 2.02. The molecule has 0 bridgehead atoms. The molecule has 66 valence electrons. The highest BCUT2D eigenvalue weighted by molar-refractivity contribution is 5.25. The Kier molecular flexibility index (Phi) is 3.30. The molecule has 1 aromatic rings. The lowest BCUT2D eigenvalue weighted by Gasteiger charge is -2.10. The van der Waals surface area contributed by atoms with Crippen LogP contribution in [-0.2, 0) is 6.42 Å². The van der Waals surface area contributed by atoms with E-state index in [1.807, 2.05) is 0 Å². The summed E-state index contributed by atoms with van der Waals surface area (Å²) in [4.78, 5) is 0. The molecular formula is C11H17N. The van der Waals surface area contributed by atoms with Crippen molar-refractivity contribution in [3.05, 3.63) is 35.4 Å². The number of benzene rings is 1. The van der Waals surface area contributed by atoms with Crippen molar-refractivity contribution in [2.45, 2.75) is 20.3 Å². The maximum absolute atomic E-state index is 5.57. The first kappa shape index (κ1) is 9.27. The third-order valence-electron chi connectivity index (χ3n) is 2.23. The lowest BCUT2D eigenvalue weighted by Crippen LogP contribution is -2.13. The van der Waals surface area contributed by atoms with Crippen molar-refractivity contribution in [3.63, 3.8) is 0 Å². The minimum atomic E-state index is 0.589. The van der Waals surface area contributed by atoms with Crippen LogP contribution in [0.15, 0.2) is 24.3 Å². The van der Waals surface area contributed by atoms with Crippen molar-refractivity contribution in [2.75, 3.05) is 6.54 Å². The molecule has 0 unspecified atom stereocenters. The molecule has 0 amide bonds. The van der Waals surface area contributed by atoms with Gasteiger partial charge in [-0.2, -0.15) is 0 Å². The van der Waals surface area contributed by atoms with E-state index >= 15 is 0 Å². The molecule has 1 atom stereocenters. The van der Waals surface area contributed by atoms with Crippen LogP contribution in [-0.4, -0.2) is 6.54 Å². The lowest BCUT2D eigenvalue weighted by molar-refractivity contribution is 0.591. The van der Waals surface area contributed by atoms with E-state index in [1.54, 1.807) is 0 Å². The Morgan fingerprint density at radius 2 is 2.00 bits per heavy atom. The molecule has 1 heteroatoms. The van der Waals surface area contributed by atoms with E-state index in [-0.39, 0.29) is 0 Å². The average Bonchev–Trinajstić information content (AvgIpc) is 2.09. The second kappa shape index (κ2) is 4.27. The van der Waals surface area contributed by atoms with E-state index in [0.717, 1.165) is 13.0 Å². The van der Waals surface area contributed by atoms with Crippen molar-refractivity contribution in [1.29, 1.82) is 0 Å². The van der Waals surface area contributed by atoms with Gasteiger partial charge < -0.3 is 5.73 Å². The molecule has 1 aromatic carbocycles. The van der Waals surface area contributed by atoms with Gasteiger partial charge in [-0.25, -0.2) is 0 Å². The van der Waals surface area contributed by atoms with Crippen molar-refractivity contribution < 1.29 is 0 Å². The summed E-state index contributed by atoms with van der Waals surface area (Å²) in [6.45, 7) is 5.11. The lowest BCUT2D eigenvalue weighted by atomic mass is 9.98. The summed E-state index contributed by atoms with van der Waals surface area (Å²) in [5.74, 6) is 0.589. The highest BCUT2D eigenvalue weighted by Crippen LogP contribution is 2.11. The SMILES string of the molecule is Cc1ccccc1C[C@H](C)CN. The van der Waals surface area contributed by atoms with Gasteiger partial charge in [0.25, 0.3) is 0 Å². The monoisotopic (exact) mass is 163 g/mol. The standard InChI is InChI=1S/C11H17N/c1-9(8-12)7-11-6-4-3-5-10(11)2/h3-6,9H,7-8,12H2,1-2H3/t9-/m0/s1. The molecule has 0 saturated heterocycles. The molecule has 0 saturated carbocycles. The number of hydrogen-bond donors (Lipinski definition) is 1. The molecule has 1 nitrogen and oxygen atoms in total. The van der Waals surface area contributed by atoms with E-state index < -0.39 is 0 Å². The smallest absolute Gasteiger partial charge is 0.00483 e. The zero-order valence-corrected chi connectivity index (χ0v) is 7.88. The van der Waals surface area contributed by atoms with Gasteiger partial charge in [0.1, 0.15) is 0 Å². The summed E-state index contributed by atoms with van der Waals surface area (Å²) in [6, 6.07) is 8.50. The zero-order valence-electron chi connectivity index (χ0n) is 7.88. The minimum Gasteiger partial charge on any atom is -0.330 e. The number of hydrogen-bond acceptors (Lipinski definition) is 1. The summed E-state index contributed by atoms with van der Waals surface area (Å²) < 4.78 is 0. The average molecular weight is 163 g/mol. The molecule has 0 aliphatic rings. The van der Waals surface area contributed by atoms with Crippen molar-refractivity contribution in [2.24, 2.45) is 11.7 Å². The summed E-state index contributed by atoms with van der Waals surface area (Å²) in [5, 5.41) is 0. The van der Waals surface area contributed by atoms with Crippen LogP contribution in [0.1, 0.15) is 18.1 Å². The fourth-order valence-electron chi connectivity index (χ4n) is 1.30. The summed E-state index contributed by atoms with van der Waals surface area (Å²) >= 11 is 0. The minimum absolute atomic E-state index is 0.589. The summed E-state index contributed by atoms with van der Waals surface area (Å²) in [6.07, 6.45) is 1.10. The van der Waals surface area contributed by atoms with Gasteiger partial charge in [0.05, 0.1) is 0 Å². The maximum atomic E-state index is 5.57. The van der Waals surface area contributed by atoms with Crippen molar-refractivity contribution >= 4 is 0 Å². The molecular weight excluding hydrogens is 146 g/mol. The molecule has 1 rings (SSSR count). The topological polar surface area (TPSA) is 26.0 Å². The van der Waals surface area contributed by atoms with Gasteiger partial charge in [0.15, 0.2) is 0 Å². The van der Waals surface area contributed by atoms with E-state index in [0.29, 0.717) is 5.92 Å². The molecule has 0 fully saturated rings. The maximum Gasteiger partial charge on any atom is -0.00483 e. The summed E-state index contributed by atoms with van der Waals surface area (Å²) in [7, 11) is 0. The molecule has 0 heterocycles. The summed E-state index contributed by atoms with van der Waals surface area (Å²) in [5.41, 5.74) is 8.37. The molecule has 2 N–H and O–H groups in total. The zero-order chi connectivity index (χ0) is 8.97. The first-order valence-corrected chi connectivity index (χ1v) is 4.48. The Balaban J connectivity index is 2.69. The Morgan fingerprint density at radius 3 is 2.58 bits per heavy atom. The van der Waals surface area contributed by atoms with Gasteiger partial charge >= 0.3 is 0 Å².